The average Bonchev–Trinajstić information content (AvgIpc) is 2.79. The summed E-state index contributed by atoms with van der Waals surface area (Å²) in [6.45, 7) is 6.75. The number of rotatable bonds is 6. The van der Waals surface area contributed by atoms with Crippen molar-refractivity contribution in [2.24, 2.45) is 5.92 Å². The number of ether oxygens (including phenoxy) is 1. The van der Waals surface area contributed by atoms with Gasteiger partial charge in [-0.1, -0.05) is 24.3 Å². The molecule has 2 heterocycles. The van der Waals surface area contributed by atoms with Gasteiger partial charge in [-0.05, 0) is 76.8 Å². The highest BCUT2D eigenvalue weighted by Crippen LogP contribution is 2.41. The van der Waals surface area contributed by atoms with Crippen molar-refractivity contribution in [1.29, 1.82) is 0 Å². The van der Waals surface area contributed by atoms with Crippen LogP contribution in [0.3, 0.4) is 0 Å². The van der Waals surface area contributed by atoms with Gasteiger partial charge >= 0.3 is 6.03 Å². The van der Waals surface area contributed by atoms with Gasteiger partial charge in [0, 0.05) is 30.6 Å². The van der Waals surface area contributed by atoms with Gasteiger partial charge in [0.05, 0.1) is 5.54 Å². The molecule has 0 unspecified atom stereocenters. The molecular formula is C25H35N3O5S. The van der Waals surface area contributed by atoms with Crippen LogP contribution in [-0.2, 0) is 37.6 Å². The van der Waals surface area contributed by atoms with Crippen LogP contribution in [0.4, 0.5) is 4.79 Å². The van der Waals surface area contributed by atoms with Crippen LogP contribution >= 0.6 is 0 Å². The molecule has 4 rings (SSSR count). The molecule has 1 aromatic carbocycles. The number of carbonyl (C=O) groups is 3. The largest absolute Gasteiger partial charge is 0.598 e. The van der Waals surface area contributed by atoms with E-state index in [0.717, 1.165) is 24.8 Å². The Bertz CT molecular complexity index is 943. The zero-order chi connectivity index (χ0) is 24.5. The number of aryl methyl sites for hydroxylation is 1. The van der Waals surface area contributed by atoms with Gasteiger partial charge in [0.15, 0.2) is 0 Å². The highest BCUT2D eigenvalue weighted by atomic mass is 32.2. The van der Waals surface area contributed by atoms with E-state index >= 15 is 0 Å². The topological polar surface area (TPSA) is 111 Å². The Morgan fingerprint density at radius 2 is 1.91 bits per heavy atom. The first-order valence-electron chi connectivity index (χ1n) is 12.2. The van der Waals surface area contributed by atoms with E-state index in [2.05, 4.69) is 22.2 Å². The predicted molar refractivity (Wildman–Crippen MR) is 129 cm³/mol. The monoisotopic (exact) mass is 489 g/mol. The van der Waals surface area contributed by atoms with Crippen molar-refractivity contribution in [1.82, 2.24) is 14.9 Å². The fourth-order valence-electron chi connectivity index (χ4n) is 5.23. The highest BCUT2D eigenvalue weighted by molar-refractivity contribution is 7.90. The number of imide groups is 2. The van der Waals surface area contributed by atoms with Gasteiger partial charge in [-0.15, -0.1) is 4.72 Å². The summed E-state index contributed by atoms with van der Waals surface area (Å²) < 4.78 is 21.5. The summed E-state index contributed by atoms with van der Waals surface area (Å²) in [5.74, 6) is -1.93. The van der Waals surface area contributed by atoms with Crippen LogP contribution < -0.4 is 10.0 Å². The average molecular weight is 490 g/mol. The minimum absolute atomic E-state index is 0.257. The second-order valence-electron chi connectivity index (χ2n) is 10.5. The molecule has 2 aliphatic heterocycles. The van der Waals surface area contributed by atoms with Crippen LogP contribution in [0.25, 0.3) is 0 Å². The third-order valence-corrected chi connectivity index (χ3v) is 8.83. The van der Waals surface area contributed by atoms with Gasteiger partial charge in [0.1, 0.15) is 10.7 Å². The molecule has 9 heteroatoms. The lowest BCUT2D eigenvalue weighted by molar-refractivity contribution is -0.145. The summed E-state index contributed by atoms with van der Waals surface area (Å²) in [5.41, 5.74) is 1.67. The van der Waals surface area contributed by atoms with Crippen molar-refractivity contribution in [2.75, 3.05) is 13.2 Å². The summed E-state index contributed by atoms with van der Waals surface area (Å²) in [6.07, 6.45) is 4.50. The van der Waals surface area contributed by atoms with Crippen LogP contribution in [-0.4, -0.2) is 51.3 Å². The number of nitrogens with one attached hydrogen (secondary N) is 2. The molecule has 186 valence electrons. The van der Waals surface area contributed by atoms with Crippen molar-refractivity contribution in [2.45, 2.75) is 82.0 Å². The van der Waals surface area contributed by atoms with E-state index in [1.165, 1.54) is 10.5 Å². The number of nitrogens with zero attached hydrogens (tertiary/aromatic N) is 1. The molecule has 3 aliphatic rings. The minimum atomic E-state index is -1.34. The fourth-order valence-corrected chi connectivity index (χ4v) is 6.21. The van der Waals surface area contributed by atoms with Crippen molar-refractivity contribution in [3.05, 3.63) is 35.4 Å². The van der Waals surface area contributed by atoms with Gasteiger partial charge in [-0.3, -0.25) is 19.8 Å². The molecule has 0 saturated carbocycles. The molecule has 0 radical (unpaired) electrons. The van der Waals surface area contributed by atoms with Crippen LogP contribution in [0.15, 0.2) is 24.3 Å². The molecule has 34 heavy (non-hydrogen) atoms. The first kappa shape index (κ1) is 25.2. The van der Waals surface area contributed by atoms with Crippen molar-refractivity contribution in [3.63, 3.8) is 0 Å². The summed E-state index contributed by atoms with van der Waals surface area (Å²) in [7, 11) is 0. The standard InChI is InChI=1S/C25H35N3O5S/c1-24(2,3)34(32)27-25(13-6-8-17-7-4-5-9-20(17)25)14-10-19-21(29)26-23(31)28(22(19)30)18-11-15-33-16-12-18/h4-5,7,9,18-19,27H,6,8,10-16H2,1-3H3,(H,26,29,31)/t19-,25+,34-/m0/s1. The molecule has 0 aromatic heterocycles. The van der Waals surface area contributed by atoms with Crippen molar-refractivity contribution >= 4 is 29.2 Å². The van der Waals surface area contributed by atoms with E-state index in [1.807, 2.05) is 32.9 Å². The maximum Gasteiger partial charge on any atom is 0.331 e. The van der Waals surface area contributed by atoms with Crippen LogP contribution in [0.1, 0.15) is 70.4 Å². The Kier molecular flexibility index (Phi) is 7.38. The lowest BCUT2D eigenvalue weighted by Gasteiger charge is -2.42. The Balaban J connectivity index is 1.59. The van der Waals surface area contributed by atoms with Crippen LogP contribution in [0, 0.1) is 5.92 Å². The fraction of sp³-hybridized carbons (Fsp3) is 0.640. The Morgan fingerprint density at radius 1 is 1.21 bits per heavy atom. The minimum Gasteiger partial charge on any atom is -0.598 e. The van der Waals surface area contributed by atoms with Gasteiger partial charge < -0.3 is 9.29 Å². The highest BCUT2D eigenvalue weighted by Gasteiger charge is 2.47. The SMILES string of the molecule is CC(C)(C)[S@+]([O-])N[C@@]1(CC[C@H]2C(=O)NC(=O)N(C3CCOCC3)C2=O)CCCc2ccccc21. The smallest absolute Gasteiger partial charge is 0.331 e. The second kappa shape index (κ2) is 9.97. The molecule has 0 spiro atoms. The number of carbonyl (C=O) groups excluding carboxylic acids is 3. The van der Waals surface area contributed by atoms with Crippen LogP contribution in [0.5, 0.6) is 0 Å². The molecule has 4 amide bonds. The number of benzene rings is 1. The summed E-state index contributed by atoms with van der Waals surface area (Å²) in [5, 5.41) is 2.40. The summed E-state index contributed by atoms with van der Waals surface area (Å²) in [6, 6.07) is 7.24. The van der Waals surface area contributed by atoms with E-state index in [9.17, 15) is 18.9 Å². The maximum absolute atomic E-state index is 13.4. The Labute approximate surface area is 204 Å². The number of barbiturate groups is 1. The maximum atomic E-state index is 13.4. The molecule has 2 saturated heterocycles. The number of fused-ring (bicyclic) bond motifs is 1. The Hall–Kier alpha value is -1.94. The van der Waals surface area contributed by atoms with Crippen LogP contribution in [0.2, 0.25) is 0 Å². The zero-order valence-electron chi connectivity index (χ0n) is 20.2. The van der Waals surface area contributed by atoms with E-state index < -0.39 is 45.4 Å². The lowest BCUT2D eigenvalue weighted by atomic mass is 9.73. The second-order valence-corrected chi connectivity index (χ2v) is 12.5. The third kappa shape index (κ3) is 5.03. The van der Waals surface area contributed by atoms with E-state index in [-0.39, 0.29) is 12.5 Å². The van der Waals surface area contributed by atoms with E-state index in [0.29, 0.717) is 32.5 Å². The van der Waals surface area contributed by atoms with E-state index in [4.69, 9.17) is 4.74 Å². The molecule has 0 bridgehead atoms. The molecule has 2 N–H and O–H groups in total. The van der Waals surface area contributed by atoms with Gasteiger partial charge in [0.25, 0.3) is 0 Å². The number of amides is 4. The predicted octanol–water partition coefficient (Wildman–Crippen LogP) is 2.92. The molecule has 3 atom stereocenters. The number of urea groups is 1. The Morgan fingerprint density at radius 3 is 2.62 bits per heavy atom. The van der Waals surface area contributed by atoms with Crippen molar-refractivity contribution in [3.8, 4) is 0 Å². The van der Waals surface area contributed by atoms with Gasteiger partial charge in [-0.25, -0.2) is 4.79 Å². The normalized spacial score (nSPS) is 27.4. The summed E-state index contributed by atoms with van der Waals surface area (Å²) >= 11 is -1.34. The first-order valence-corrected chi connectivity index (χ1v) is 13.3. The first-order chi connectivity index (χ1) is 16.1. The lowest BCUT2D eigenvalue weighted by Crippen LogP contribution is -2.62. The zero-order valence-corrected chi connectivity index (χ0v) is 21.0. The van der Waals surface area contributed by atoms with E-state index in [1.54, 1.807) is 0 Å². The third-order valence-electron chi connectivity index (χ3n) is 7.14. The molecule has 2 fully saturated rings. The quantitative estimate of drug-likeness (QED) is 0.470. The number of hydrogen-bond donors (Lipinski definition) is 2. The molecule has 8 nitrogen and oxygen atoms in total. The molecule has 1 aliphatic carbocycles. The molecule has 1 aromatic rings. The van der Waals surface area contributed by atoms with Crippen molar-refractivity contribution < 1.29 is 23.7 Å². The summed E-state index contributed by atoms with van der Waals surface area (Å²) in [4.78, 5) is 39.9. The molecular weight excluding hydrogens is 454 g/mol. The number of hydrogen-bond acceptors (Lipinski definition) is 6. The van der Waals surface area contributed by atoms with Gasteiger partial charge in [0.2, 0.25) is 11.8 Å². The van der Waals surface area contributed by atoms with Gasteiger partial charge in [-0.2, -0.15) is 0 Å².